The third kappa shape index (κ3) is 2.99. The van der Waals surface area contributed by atoms with E-state index >= 15 is 0 Å². The van der Waals surface area contributed by atoms with Crippen LogP contribution in [0.3, 0.4) is 0 Å². The minimum absolute atomic E-state index is 0.113. The maximum absolute atomic E-state index is 5.83. The fraction of sp³-hybridized carbons (Fsp3) is 0.571. The number of nitrogens with two attached hydrogens (primary N) is 1. The molecule has 90 valence electrons. The van der Waals surface area contributed by atoms with Crippen LogP contribution in [-0.4, -0.2) is 13.1 Å². The molecule has 0 saturated heterocycles. The monoisotopic (exact) mass is 220 g/mol. The Bertz CT molecular complexity index is 314. The van der Waals surface area contributed by atoms with Gasteiger partial charge < -0.3 is 10.6 Å². The van der Waals surface area contributed by atoms with Crippen molar-refractivity contribution in [2.45, 2.75) is 39.8 Å². The van der Waals surface area contributed by atoms with Gasteiger partial charge in [0.2, 0.25) is 0 Å². The van der Waals surface area contributed by atoms with Gasteiger partial charge in [0.1, 0.15) is 0 Å². The molecule has 0 fully saturated rings. The predicted octanol–water partition coefficient (Wildman–Crippen LogP) is 3.19. The van der Waals surface area contributed by atoms with Crippen molar-refractivity contribution in [1.82, 2.24) is 0 Å². The summed E-state index contributed by atoms with van der Waals surface area (Å²) in [6.45, 7) is 8.76. The number of benzene rings is 1. The molecule has 0 aliphatic rings. The van der Waals surface area contributed by atoms with E-state index in [0.29, 0.717) is 12.0 Å². The van der Waals surface area contributed by atoms with Crippen LogP contribution < -0.4 is 10.6 Å². The maximum Gasteiger partial charge on any atom is 0.0366 e. The first-order valence-electron chi connectivity index (χ1n) is 6.02. The van der Waals surface area contributed by atoms with Gasteiger partial charge in [0.25, 0.3) is 0 Å². The quantitative estimate of drug-likeness (QED) is 0.844. The molecule has 0 aromatic heterocycles. The normalized spacial score (nSPS) is 14.9. The van der Waals surface area contributed by atoms with Gasteiger partial charge >= 0.3 is 0 Å². The summed E-state index contributed by atoms with van der Waals surface area (Å²) in [5.74, 6) is 0.651. The first-order valence-corrected chi connectivity index (χ1v) is 6.02. The second-order valence-corrected chi connectivity index (χ2v) is 4.98. The van der Waals surface area contributed by atoms with Crippen LogP contribution in [-0.2, 0) is 0 Å². The lowest BCUT2D eigenvalue weighted by molar-refractivity contribution is 0.505. The van der Waals surface area contributed by atoms with Gasteiger partial charge in [-0.25, -0.2) is 0 Å². The molecule has 2 nitrogen and oxygen atoms in total. The molecule has 0 heterocycles. The van der Waals surface area contributed by atoms with E-state index < -0.39 is 0 Å². The molecule has 1 aromatic carbocycles. The smallest absolute Gasteiger partial charge is 0.0366 e. The van der Waals surface area contributed by atoms with Crippen LogP contribution in [0.4, 0.5) is 5.69 Å². The Hall–Kier alpha value is -1.02. The molecular formula is C14H24N2. The average molecular weight is 220 g/mol. The van der Waals surface area contributed by atoms with Crippen LogP contribution in [0.1, 0.15) is 39.3 Å². The Morgan fingerprint density at radius 3 is 1.88 bits per heavy atom. The zero-order valence-corrected chi connectivity index (χ0v) is 11.1. The zero-order valence-electron chi connectivity index (χ0n) is 11.1. The average Bonchev–Trinajstić information content (AvgIpc) is 2.27. The standard InChI is InChI=1S/C14H24N2/c1-10(2)12(4)16(5)14-8-6-13(7-9-14)11(3)15/h6-12H,15H2,1-5H3. The van der Waals surface area contributed by atoms with Crippen LogP contribution in [0.15, 0.2) is 24.3 Å². The second kappa shape index (κ2) is 5.35. The van der Waals surface area contributed by atoms with E-state index in [1.54, 1.807) is 0 Å². The van der Waals surface area contributed by atoms with Crippen LogP contribution >= 0.6 is 0 Å². The summed E-state index contributed by atoms with van der Waals surface area (Å²) in [7, 11) is 2.14. The van der Waals surface area contributed by atoms with Crippen LogP contribution in [0.25, 0.3) is 0 Å². The summed E-state index contributed by atoms with van der Waals surface area (Å²) in [5.41, 5.74) is 8.28. The SMILES string of the molecule is CC(N)c1ccc(N(C)C(C)C(C)C)cc1. The first-order chi connectivity index (χ1) is 7.43. The Morgan fingerprint density at radius 2 is 1.50 bits per heavy atom. The van der Waals surface area contributed by atoms with E-state index in [-0.39, 0.29) is 6.04 Å². The van der Waals surface area contributed by atoms with Crippen LogP contribution in [0.5, 0.6) is 0 Å². The fourth-order valence-corrected chi connectivity index (χ4v) is 1.70. The fourth-order valence-electron chi connectivity index (χ4n) is 1.70. The first kappa shape index (κ1) is 13.0. The molecule has 1 rings (SSSR count). The minimum atomic E-state index is 0.113. The molecule has 0 bridgehead atoms. The molecule has 0 amide bonds. The van der Waals surface area contributed by atoms with Gasteiger partial charge in [-0.05, 0) is 37.5 Å². The van der Waals surface area contributed by atoms with Gasteiger partial charge in [-0.2, -0.15) is 0 Å². The van der Waals surface area contributed by atoms with Crippen molar-refractivity contribution in [1.29, 1.82) is 0 Å². The minimum Gasteiger partial charge on any atom is -0.372 e. The molecule has 2 heteroatoms. The van der Waals surface area contributed by atoms with E-state index in [2.05, 4.69) is 57.0 Å². The molecule has 0 aliphatic heterocycles. The Labute approximate surface area is 99.5 Å². The van der Waals surface area contributed by atoms with Gasteiger partial charge in [-0.15, -0.1) is 0 Å². The highest BCUT2D eigenvalue weighted by Crippen LogP contribution is 2.21. The van der Waals surface area contributed by atoms with Crippen molar-refractivity contribution < 1.29 is 0 Å². The van der Waals surface area contributed by atoms with E-state index in [0.717, 1.165) is 0 Å². The van der Waals surface area contributed by atoms with Gasteiger partial charge in [0.05, 0.1) is 0 Å². The van der Waals surface area contributed by atoms with Gasteiger partial charge in [0.15, 0.2) is 0 Å². The van der Waals surface area contributed by atoms with Crippen molar-refractivity contribution in [3.63, 3.8) is 0 Å². The molecule has 0 radical (unpaired) electrons. The molecule has 2 unspecified atom stereocenters. The Balaban J connectivity index is 2.81. The molecular weight excluding hydrogens is 196 g/mol. The van der Waals surface area contributed by atoms with Crippen molar-refractivity contribution in [2.75, 3.05) is 11.9 Å². The number of rotatable bonds is 4. The molecule has 0 saturated carbocycles. The van der Waals surface area contributed by atoms with Crippen molar-refractivity contribution in [2.24, 2.45) is 11.7 Å². The molecule has 0 aliphatic carbocycles. The predicted molar refractivity (Wildman–Crippen MR) is 71.7 cm³/mol. The van der Waals surface area contributed by atoms with Crippen LogP contribution in [0, 0.1) is 5.92 Å². The number of hydrogen-bond acceptors (Lipinski definition) is 2. The lowest BCUT2D eigenvalue weighted by Crippen LogP contribution is -2.33. The van der Waals surface area contributed by atoms with Gasteiger partial charge in [-0.3, -0.25) is 0 Å². The van der Waals surface area contributed by atoms with E-state index in [4.69, 9.17) is 5.73 Å². The lowest BCUT2D eigenvalue weighted by atomic mass is 10.0. The van der Waals surface area contributed by atoms with Crippen molar-refractivity contribution in [3.8, 4) is 0 Å². The van der Waals surface area contributed by atoms with Crippen molar-refractivity contribution >= 4 is 5.69 Å². The highest BCUT2D eigenvalue weighted by Gasteiger charge is 2.13. The van der Waals surface area contributed by atoms with Crippen molar-refractivity contribution in [3.05, 3.63) is 29.8 Å². The molecule has 0 spiro atoms. The lowest BCUT2D eigenvalue weighted by Gasteiger charge is -2.30. The Kier molecular flexibility index (Phi) is 4.36. The summed E-state index contributed by atoms with van der Waals surface area (Å²) < 4.78 is 0. The summed E-state index contributed by atoms with van der Waals surface area (Å²) in [6, 6.07) is 9.19. The highest BCUT2D eigenvalue weighted by atomic mass is 15.1. The van der Waals surface area contributed by atoms with E-state index in [9.17, 15) is 0 Å². The highest BCUT2D eigenvalue weighted by molar-refractivity contribution is 5.48. The molecule has 2 atom stereocenters. The summed E-state index contributed by atoms with van der Waals surface area (Å²) in [6.07, 6.45) is 0. The largest absolute Gasteiger partial charge is 0.372 e. The summed E-state index contributed by atoms with van der Waals surface area (Å²) in [4.78, 5) is 2.32. The van der Waals surface area contributed by atoms with E-state index in [1.165, 1.54) is 11.3 Å². The number of anilines is 1. The Morgan fingerprint density at radius 1 is 1.00 bits per heavy atom. The zero-order chi connectivity index (χ0) is 12.3. The number of nitrogens with zero attached hydrogens (tertiary/aromatic N) is 1. The molecule has 1 aromatic rings. The maximum atomic E-state index is 5.83. The van der Waals surface area contributed by atoms with Gasteiger partial charge in [0, 0.05) is 24.8 Å². The second-order valence-electron chi connectivity index (χ2n) is 4.98. The topological polar surface area (TPSA) is 29.3 Å². The third-order valence-electron chi connectivity index (χ3n) is 3.40. The van der Waals surface area contributed by atoms with Crippen LogP contribution in [0.2, 0.25) is 0 Å². The summed E-state index contributed by atoms with van der Waals surface area (Å²) in [5, 5.41) is 0. The summed E-state index contributed by atoms with van der Waals surface area (Å²) >= 11 is 0. The molecule has 2 N–H and O–H groups in total. The molecule has 16 heavy (non-hydrogen) atoms. The number of hydrogen-bond donors (Lipinski definition) is 1. The van der Waals surface area contributed by atoms with Gasteiger partial charge in [-0.1, -0.05) is 26.0 Å². The third-order valence-corrected chi connectivity index (χ3v) is 3.40. The van der Waals surface area contributed by atoms with E-state index in [1.807, 2.05) is 6.92 Å².